The van der Waals surface area contributed by atoms with Crippen molar-refractivity contribution in [2.24, 2.45) is 5.92 Å². The Morgan fingerprint density at radius 3 is 2.29 bits per heavy atom. The maximum absolute atomic E-state index is 11.5. The quantitative estimate of drug-likeness (QED) is 0.778. The predicted octanol–water partition coefficient (Wildman–Crippen LogP) is 2.19. The molecule has 2 nitrogen and oxygen atoms in total. The second-order valence-corrected chi connectivity index (χ2v) is 5.63. The average molecular weight is 213 g/mol. The maximum Gasteiger partial charge on any atom is 0.223 e. The summed E-state index contributed by atoms with van der Waals surface area (Å²) in [5.41, 5.74) is 0. The van der Waals surface area contributed by atoms with Crippen molar-refractivity contribution in [3.63, 3.8) is 0 Å². The molecule has 2 saturated carbocycles. The van der Waals surface area contributed by atoms with Gasteiger partial charge >= 0.3 is 0 Å². The number of thioether (sulfide) groups is 1. The first-order valence-electron chi connectivity index (χ1n) is 5.62. The average Bonchev–Trinajstić information content (AvgIpc) is 3.02. The van der Waals surface area contributed by atoms with Crippen LogP contribution in [0.3, 0.4) is 0 Å². The molecule has 1 N–H and O–H groups in total. The van der Waals surface area contributed by atoms with Crippen molar-refractivity contribution in [3.8, 4) is 0 Å². The molecule has 80 valence electrons. The Hall–Kier alpha value is -0.180. The number of amides is 1. The first kappa shape index (κ1) is 10.3. The van der Waals surface area contributed by atoms with Crippen LogP contribution in [0.4, 0.5) is 0 Å². The summed E-state index contributed by atoms with van der Waals surface area (Å²) in [6.45, 7) is 0. The second-order valence-electron chi connectivity index (χ2n) is 4.49. The van der Waals surface area contributed by atoms with Gasteiger partial charge in [0.1, 0.15) is 0 Å². The van der Waals surface area contributed by atoms with Gasteiger partial charge in [0.25, 0.3) is 0 Å². The van der Waals surface area contributed by atoms with Gasteiger partial charge in [-0.3, -0.25) is 4.79 Å². The highest BCUT2D eigenvalue weighted by Gasteiger charge is 2.31. The number of nitrogens with one attached hydrogen (secondary N) is 1. The third-order valence-electron chi connectivity index (χ3n) is 3.30. The smallest absolute Gasteiger partial charge is 0.223 e. The van der Waals surface area contributed by atoms with Crippen LogP contribution in [0.1, 0.15) is 38.5 Å². The van der Waals surface area contributed by atoms with Gasteiger partial charge in [-0.2, -0.15) is 11.8 Å². The molecule has 0 atom stereocenters. The molecule has 2 aliphatic rings. The van der Waals surface area contributed by atoms with E-state index in [1.54, 1.807) is 0 Å². The number of rotatable bonds is 3. The largest absolute Gasteiger partial charge is 0.353 e. The van der Waals surface area contributed by atoms with Crippen LogP contribution in [-0.4, -0.2) is 23.5 Å². The van der Waals surface area contributed by atoms with E-state index in [1.165, 1.54) is 25.7 Å². The van der Waals surface area contributed by atoms with Gasteiger partial charge in [-0.15, -0.1) is 0 Å². The fraction of sp³-hybridized carbons (Fsp3) is 0.909. The lowest BCUT2D eigenvalue weighted by atomic mass is 9.95. The van der Waals surface area contributed by atoms with Gasteiger partial charge in [0.2, 0.25) is 5.91 Å². The van der Waals surface area contributed by atoms with Gasteiger partial charge in [0.15, 0.2) is 0 Å². The van der Waals surface area contributed by atoms with Crippen molar-refractivity contribution < 1.29 is 4.79 Å². The van der Waals surface area contributed by atoms with Gasteiger partial charge in [0.05, 0.1) is 0 Å². The predicted molar refractivity (Wildman–Crippen MR) is 60.4 cm³/mol. The lowest BCUT2D eigenvalue weighted by Gasteiger charge is -2.28. The Labute approximate surface area is 90.2 Å². The maximum atomic E-state index is 11.5. The third kappa shape index (κ3) is 2.66. The van der Waals surface area contributed by atoms with Crippen LogP contribution in [0.2, 0.25) is 0 Å². The summed E-state index contributed by atoms with van der Waals surface area (Å²) in [5.74, 6) is 0.686. The summed E-state index contributed by atoms with van der Waals surface area (Å²) in [7, 11) is 0. The van der Waals surface area contributed by atoms with Crippen molar-refractivity contribution in [3.05, 3.63) is 0 Å². The molecule has 14 heavy (non-hydrogen) atoms. The van der Waals surface area contributed by atoms with Gasteiger partial charge in [-0.1, -0.05) is 0 Å². The van der Waals surface area contributed by atoms with Gasteiger partial charge in [-0.05, 0) is 44.8 Å². The standard InChI is InChI=1S/C11H19NOS/c1-14-10-6-4-9(5-7-10)12-11(13)8-2-3-8/h8-10H,2-7H2,1H3,(H,12,13). The lowest BCUT2D eigenvalue weighted by Crippen LogP contribution is -2.38. The molecular formula is C11H19NOS. The summed E-state index contributed by atoms with van der Waals surface area (Å²) in [4.78, 5) is 11.5. The van der Waals surface area contributed by atoms with E-state index in [2.05, 4.69) is 11.6 Å². The van der Waals surface area contributed by atoms with E-state index in [0.717, 1.165) is 18.1 Å². The van der Waals surface area contributed by atoms with Crippen LogP contribution < -0.4 is 5.32 Å². The fourth-order valence-corrected chi connectivity index (χ4v) is 2.85. The highest BCUT2D eigenvalue weighted by atomic mass is 32.2. The van der Waals surface area contributed by atoms with Crippen molar-refractivity contribution in [2.75, 3.05) is 6.26 Å². The molecule has 0 bridgehead atoms. The summed E-state index contributed by atoms with van der Waals surface area (Å²) in [6.07, 6.45) is 9.34. The molecule has 0 aromatic carbocycles. The van der Waals surface area contributed by atoms with E-state index >= 15 is 0 Å². The summed E-state index contributed by atoms with van der Waals surface area (Å²) < 4.78 is 0. The fourth-order valence-electron chi connectivity index (χ4n) is 2.11. The monoisotopic (exact) mass is 213 g/mol. The second kappa shape index (κ2) is 4.56. The molecule has 3 heteroatoms. The Bertz CT molecular complexity index is 207. The molecule has 0 aliphatic heterocycles. The van der Waals surface area contributed by atoms with E-state index in [1.807, 2.05) is 11.8 Å². The van der Waals surface area contributed by atoms with Gasteiger partial charge < -0.3 is 5.32 Å². The number of hydrogen-bond donors (Lipinski definition) is 1. The minimum Gasteiger partial charge on any atom is -0.353 e. The molecule has 0 heterocycles. The molecule has 2 rings (SSSR count). The number of carbonyl (C=O) groups excluding carboxylic acids is 1. The van der Waals surface area contributed by atoms with Gasteiger partial charge in [-0.25, -0.2) is 0 Å². The third-order valence-corrected chi connectivity index (χ3v) is 4.44. The normalized spacial score (nSPS) is 32.6. The van der Waals surface area contributed by atoms with E-state index in [0.29, 0.717) is 17.9 Å². The molecule has 0 saturated heterocycles. The van der Waals surface area contributed by atoms with Crippen LogP contribution in [0.25, 0.3) is 0 Å². The van der Waals surface area contributed by atoms with E-state index in [9.17, 15) is 4.79 Å². The van der Waals surface area contributed by atoms with Crippen LogP contribution in [-0.2, 0) is 4.79 Å². The zero-order chi connectivity index (χ0) is 9.97. The summed E-state index contributed by atoms with van der Waals surface area (Å²) in [5, 5.41) is 4.01. The zero-order valence-electron chi connectivity index (χ0n) is 8.79. The van der Waals surface area contributed by atoms with Gasteiger partial charge in [0, 0.05) is 17.2 Å². The molecular weight excluding hydrogens is 194 g/mol. The molecule has 0 aromatic rings. The zero-order valence-corrected chi connectivity index (χ0v) is 9.61. The Kier molecular flexibility index (Phi) is 3.37. The van der Waals surface area contributed by atoms with E-state index < -0.39 is 0 Å². The number of hydrogen-bond acceptors (Lipinski definition) is 2. The van der Waals surface area contributed by atoms with Crippen molar-refractivity contribution in [1.82, 2.24) is 5.32 Å². The molecule has 0 spiro atoms. The van der Waals surface area contributed by atoms with Crippen LogP contribution in [0.5, 0.6) is 0 Å². The van der Waals surface area contributed by atoms with Crippen molar-refractivity contribution in [1.29, 1.82) is 0 Å². The van der Waals surface area contributed by atoms with E-state index in [-0.39, 0.29) is 0 Å². The van der Waals surface area contributed by atoms with E-state index in [4.69, 9.17) is 0 Å². The molecule has 1 amide bonds. The minimum atomic E-state index is 0.317. The van der Waals surface area contributed by atoms with Crippen molar-refractivity contribution >= 4 is 17.7 Å². The molecule has 2 fully saturated rings. The SMILES string of the molecule is CSC1CCC(NC(=O)C2CC2)CC1. The Morgan fingerprint density at radius 1 is 1.14 bits per heavy atom. The minimum absolute atomic E-state index is 0.317. The van der Waals surface area contributed by atoms with Crippen LogP contribution in [0, 0.1) is 5.92 Å². The summed E-state index contributed by atoms with van der Waals surface area (Å²) >= 11 is 1.97. The molecule has 2 aliphatic carbocycles. The molecule has 0 aromatic heterocycles. The number of carbonyl (C=O) groups is 1. The first-order valence-corrected chi connectivity index (χ1v) is 6.91. The van der Waals surface area contributed by atoms with Crippen LogP contribution in [0.15, 0.2) is 0 Å². The molecule has 0 unspecified atom stereocenters. The Balaban J connectivity index is 1.69. The summed E-state index contributed by atoms with van der Waals surface area (Å²) in [6, 6.07) is 0.478. The highest BCUT2D eigenvalue weighted by Crippen LogP contribution is 2.31. The van der Waals surface area contributed by atoms with Crippen molar-refractivity contribution in [2.45, 2.75) is 49.8 Å². The lowest BCUT2D eigenvalue weighted by molar-refractivity contribution is -0.123. The highest BCUT2D eigenvalue weighted by molar-refractivity contribution is 7.99. The van der Waals surface area contributed by atoms with Crippen LogP contribution >= 0.6 is 11.8 Å². The Morgan fingerprint density at radius 2 is 1.79 bits per heavy atom. The topological polar surface area (TPSA) is 29.1 Å². The molecule has 0 radical (unpaired) electrons. The first-order chi connectivity index (χ1) is 6.79.